The minimum absolute atomic E-state index is 0.116. The van der Waals surface area contributed by atoms with Crippen LogP contribution in [0.15, 0.2) is 41.1 Å². The number of rotatable bonds is 6. The van der Waals surface area contributed by atoms with Gasteiger partial charge in [-0.05, 0) is 37.3 Å². The van der Waals surface area contributed by atoms with Crippen LogP contribution in [-0.2, 0) is 4.74 Å². The number of nitriles is 1. The maximum atomic E-state index is 13.4. The molecule has 1 aromatic carbocycles. The van der Waals surface area contributed by atoms with Crippen molar-refractivity contribution in [3.8, 4) is 11.8 Å². The number of ether oxygens (including phenoxy) is 2. The van der Waals surface area contributed by atoms with Gasteiger partial charge >= 0.3 is 0 Å². The average molecular weight is 336 g/mol. The number of carbonyl (C=O) groups is 1. The summed E-state index contributed by atoms with van der Waals surface area (Å²) in [5, 5.41) is 9.66. The lowest BCUT2D eigenvalue weighted by molar-refractivity contribution is 0.0839. The summed E-state index contributed by atoms with van der Waals surface area (Å²) in [6.07, 6.45) is 3.55. The summed E-state index contributed by atoms with van der Waals surface area (Å²) in [5.41, 5.74) is 0.116. The molecule has 0 bridgehead atoms. The van der Waals surface area contributed by atoms with E-state index in [1.165, 1.54) is 12.1 Å². The van der Waals surface area contributed by atoms with E-state index in [9.17, 15) is 9.18 Å². The standard InChI is InChI=1S/C17H15ClFNO3/c1-2-22-17-6-4-13(19)8-14(17)15(21)10-23-16-5-3-12(18)7-11(16)9-20/h3-6,8,11H,2,7,10H2,1H3. The summed E-state index contributed by atoms with van der Waals surface area (Å²) < 4.78 is 24.1. The number of carbonyl (C=O) groups excluding carboxylic acids is 1. The van der Waals surface area contributed by atoms with Crippen molar-refractivity contribution in [3.05, 3.63) is 52.5 Å². The predicted molar refractivity (Wildman–Crippen MR) is 83.6 cm³/mol. The quantitative estimate of drug-likeness (QED) is 0.738. The van der Waals surface area contributed by atoms with Crippen LogP contribution in [0.4, 0.5) is 4.39 Å². The second-order valence-electron chi connectivity index (χ2n) is 4.85. The van der Waals surface area contributed by atoms with Crippen molar-refractivity contribution in [1.29, 1.82) is 5.26 Å². The van der Waals surface area contributed by atoms with Gasteiger partial charge in [-0.15, -0.1) is 0 Å². The SMILES string of the molecule is CCOc1ccc(F)cc1C(=O)COC1=CC=C(Cl)CC1C#N. The lowest BCUT2D eigenvalue weighted by Crippen LogP contribution is -2.15. The maximum Gasteiger partial charge on any atom is 0.204 e. The van der Waals surface area contributed by atoms with Gasteiger partial charge in [-0.3, -0.25) is 4.79 Å². The highest BCUT2D eigenvalue weighted by molar-refractivity contribution is 6.29. The minimum Gasteiger partial charge on any atom is -0.493 e. The molecule has 0 spiro atoms. The maximum absolute atomic E-state index is 13.4. The van der Waals surface area contributed by atoms with Gasteiger partial charge in [-0.1, -0.05) is 11.6 Å². The van der Waals surface area contributed by atoms with Crippen LogP contribution in [0.1, 0.15) is 23.7 Å². The fraction of sp³-hybridized carbons (Fsp3) is 0.294. The Morgan fingerprint density at radius 1 is 1.43 bits per heavy atom. The zero-order valence-corrected chi connectivity index (χ0v) is 13.3. The van der Waals surface area contributed by atoms with E-state index in [1.54, 1.807) is 19.1 Å². The number of halogens is 2. The molecule has 0 heterocycles. The normalized spacial score (nSPS) is 16.9. The molecule has 0 radical (unpaired) electrons. The summed E-state index contributed by atoms with van der Waals surface area (Å²) in [7, 11) is 0. The Hall–Kier alpha value is -2.32. The van der Waals surface area contributed by atoms with Gasteiger partial charge < -0.3 is 9.47 Å². The van der Waals surface area contributed by atoms with E-state index < -0.39 is 17.5 Å². The highest BCUT2D eigenvalue weighted by Crippen LogP contribution is 2.28. The first-order chi connectivity index (χ1) is 11.0. The molecule has 1 aromatic rings. The summed E-state index contributed by atoms with van der Waals surface area (Å²) >= 11 is 5.87. The highest BCUT2D eigenvalue weighted by Gasteiger charge is 2.22. The van der Waals surface area contributed by atoms with Crippen molar-refractivity contribution in [2.45, 2.75) is 13.3 Å². The molecule has 4 nitrogen and oxygen atoms in total. The molecule has 0 saturated heterocycles. The molecule has 120 valence electrons. The fourth-order valence-electron chi connectivity index (χ4n) is 2.14. The zero-order chi connectivity index (χ0) is 16.8. The van der Waals surface area contributed by atoms with E-state index >= 15 is 0 Å². The lowest BCUT2D eigenvalue weighted by Gasteiger charge is -2.18. The largest absolute Gasteiger partial charge is 0.493 e. The monoisotopic (exact) mass is 335 g/mol. The molecule has 23 heavy (non-hydrogen) atoms. The zero-order valence-electron chi connectivity index (χ0n) is 12.5. The van der Waals surface area contributed by atoms with Gasteiger partial charge in [0.1, 0.15) is 23.2 Å². The van der Waals surface area contributed by atoms with E-state index in [1.807, 2.05) is 0 Å². The molecule has 0 aromatic heterocycles. The van der Waals surface area contributed by atoms with Crippen LogP contribution >= 0.6 is 11.6 Å². The highest BCUT2D eigenvalue weighted by atomic mass is 35.5. The Kier molecular flexibility index (Phi) is 5.78. The number of nitrogens with zero attached hydrogens (tertiary/aromatic N) is 1. The number of allylic oxidation sites excluding steroid dienone is 4. The summed E-state index contributed by atoms with van der Waals surface area (Å²) in [5.74, 6) is -0.803. The Morgan fingerprint density at radius 3 is 2.91 bits per heavy atom. The van der Waals surface area contributed by atoms with Crippen LogP contribution in [0, 0.1) is 23.1 Å². The molecular weight excluding hydrogens is 321 g/mol. The number of ketones is 1. The van der Waals surface area contributed by atoms with Gasteiger partial charge in [0.05, 0.1) is 18.2 Å². The molecule has 1 aliphatic rings. The van der Waals surface area contributed by atoms with Gasteiger partial charge in [0.2, 0.25) is 5.78 Å². The van der Waals surface area contributed by atoms with E-state index in [0.29, 0.717) is 29.6 Å². The van der Waals surface area contributed by atoms with Gasteiger partial charge in [-0.2, -0.15) is 5.26 Å². The third-order valence-electron chi connectivity index (χ3n) is 3.24. The Labute approximate surface area is 138 Å². The van der Waals surface area contributed by atoms with Gasteiger partial charge in [0.25, 0.3) is 0 Å². The van der Waals surface area contributed by atoms with Crippen LogP contribution in [0.2, 0.25) is 0 Å². The van der Waals surface area contributed by atoms with Gasteiger partial charge in [0, 0.05) is 11.5 Å². The predicted octanol–water partition coefficient (Wildman–Crippen LogP) is 3.97. The van der Waals surface area contributed by atoms with Crippen molar-refractivity contribution in [1.82, 2.24) is 0 Å². The molecule has 0 fully saturated rings. The van der Waals surface area contributed by atoms with E-state index in [2.05, 4.69) is 6.07 Å². The summed E-state index contributed by atoms with van der Waals surface area (Å²) in [4.78, 5) is 12.3. The van der Waals surface area contributed by atoms with Crippen molar-refractivity contribution in [3.63, 3.8) is 0 Å². The molecule has 1 aliphatic carbocycles. The first-order valence-corrected chi connectivity index (χ1v) is 7.47. The number of benzene rings is 1. The van der Waals surface area contributed by atoms with E-state index in [4.69, 9.17) is 26.3 Å². The minimum atomic E-state index is -0.529. The van der Waals surface area contributed by atoms with E-state index in [-0.39, 0.29) is 12.2 Å². The van der Waals surface area contributed by atoms with Crippen molar-refractivity contribution in [2.24, 2.45) is 5.92 Å². The Bertz CT molecular complexity index is 706. The first-order valence-electron chi connectivity index (χ1n) is 7.09. The van der Waals surface area contributed by atoms with Gasteiger partial charge in [-0.25, -0.2) is 4.39 Å². The third-order valence-corrected chi connectivity index (χ3v) is 3.52. The summed E-state index contributed by atoms with van der Waals surface area (Å²) in [6.45, 7) is 1.82. The smallest absolute Gasteiger partial charge is 0.204 e. The van der Waals surface area contributed by atoms with Crippen LogP contribution in [-0.4, -0.2) is 19.0 Å². The Morgan fingerprint density at radius 2 is 2.22 bits per heavy atom. The molecule has 0 amide bonds. The molecule has 1 atom stereocenters. The van der Waals surface area contributed by atoms with Crippen LogP contribution in [0.25, 0.3) is 0 Å². The fourth-order valence-corrected chi connectivity index (χ4v) is 2.36. The topological polar surface area (TPSA) is 59.3 Å². The molecule has 2 rings (SSSR count). The molecule has 0 N–H and O–H groups in total. The van der Waals surface area contributed by atoms with Crippen molar-refractivity contribution < 1.29 is 18.7 Å². The van der Waals surface area contributed by atoms with Crippen LogP contribution < -0.4 is 4.74 Å². The Balaban J connectivity index is 2.11. The lowest BCUT2D eigenvalue weighted by atomic mass is 10.00. The third kappa shape index (κ3) is 4.33. The van der Waals surface area contributed by atoms with Crippen LogP contribution in [0.5, 0.6) is 5.75 Å². The average Bonchev–Trinajstić information content (AvgIpc) is 2.55. The number of hydrogen-bond acceptors (Lipinski definition) is 4. The van der Waals surface area contributed by atoms with Crippen molar-refractivity contribution in [2.75, 3.05) is 13.2 Å². The second-order valence-corrected chi connectivity index (χ2v) is 5.34. The van der Waals surface area contributed by atoms with Gasteiger partial charge in [0.15, 0.2) is 6.61 Å². The van der Waals surface area contributed by atoms with E-state index in [0.717, 1.165) is 6.07 Å². The molecule has 6 heteroatoms. The first kappa shape index (κ1) is 17.0. The molecule has 1 unspecified atom stereocenters. The number of hydrogen-bond donors (Lipinski definition) is 0. The second kappa shape index (κ2) is 7.80. The molecule has 0 saturated carbocycles. The van der Waals surface area contributed by atoms with Crippen molar-refractivity contribution >= 4 is 17.4 Å². The molecule has 0 aliphatic heterocycles. The summed E-state index contributed by atoms with van der Waals surface area (Å²) in [6, 6.07) is 5.83. The number of Topliss-reactive ketones (excluding diaryl/α,β-unsaturated/α-hetero) is 1. The van der Waals surface area contributed by atoms with Crippen LogP contribution in [0.3, 0.4) is 0 Å². The molecular formula is C17H15ClFNO3.